The third-order valence-corrected chi connectivity index (χ3v) is 4.50. The first-order chi connectivity index (χ1) is 13.2. The fourth-order valence-corrected chi connectivity index (χ4v) is 3.18. The highest BCUT2D eigenvalue weighted by atomic mass is 79.9. The van der Waals surface area contributed by atoms with Crippen molar-refractivity contribution in [1.29, 1.82) is 5.26 Å². The first kappa shape index (κ1) is 19.2. The standard InChI is InChI=1S/C16H13BrN6O3S/c17-15-7-13(3-6-16(15)24-27-26-25-19)9-23(22-10-20-21-11-22)14-4-1-12(8-18)2-5-14/h1-7,10-11H,9,19H2. The SMILES string of the molecule is N#Cc1ccc(N(Cc2ccc(OSOON)c(Br)c2)n2cnnc2)cc1. The summed E-state index contributed by atoms with van der Waals surface area (Å²) < 4.78 is 12.2. The molecule has 1 heterocycles. The molecule has 0 fully saturated rings. The molecule has 0 unspecified atom stereocenters. The Labute approximate surface area is 167 Å². The number of nitrogens with two attached hydrogens (primary N) is 1. The van der Waals surface area contributed by atoms with Crippen molar-refractivity contribution in [3.63, 3.8) is 0 Å². The fraction of sp³-hybridized carbons (Fsp3) is 0.0625. The van der Waals surface area contributed by atoms with E-state index in [-0.39, 0.29) is 0 Å². The van der Waals surface area contributed by atoms with E-state index in [1.165, 1.54) is 0 Å². The van der Waals surface area contributed by atoms with Crippen LogP contribution >= 0.6 is 28.3 Å². The molecule has 0 amide bonds. The molecule has 27 heavy (non-hydrogen) atoms. The van der Waals surface area contributed by atoms with Crippen LogP contribution in [0.15, 0.2) is 59.6 Å². The Morgan fingerprint density at radius 2 is 1.93 bits per heavy atom. The molecule has 0 spiro atoms. The van der Waals surface area contributed by atoms with Crippen molar-refractivity contribution in [3.8, 4) is 11.8 Å². The zero-order chi connectivity index (χ0) is 19.1. The average Bonchev–Trinajstić information content (AvgIpc) is 3.22. The van der Waals surface area contributed by atoms with E-state index in [1.54, 1.807) is 35.5 Å². The van der Waals surface area contributed by atoms with Gasteiger partial charge in [0.25, 0.3) is 12.3 Å². The van der Waals surface area contributed by atoms with Crippen LogP contribution < -0.4 is 15.1 Å². The Morgan fingerprint density at radius 3 is 2.56 bits per heavy atom. The van der Waals surface area contributed by atoms with E-state index < -0.39 is 0 Å². The van der Waals surface area contributed by atoms with Crippen LogP contribution in [-0.4, -0.2) is 14.9 Å². The predicted molar refractivity (Wildman–Crippen MR) is 101 cm³/mol. The molecule has 3 aromatic rings. The molecule has 3 rings (SSSR count). The average molecular weight is 449 g/mol. The molecule has 9 nitrogen and oxygen atoms in total. The third-order valence-electron chi connectivity index (χ3n) is 3.50. The minimum atomic E-state index is 0.526. The van der Waals surface area contributed by atoms with Crippen LogP contribution in [-0.2, 0) is 15.9 Å². The van der Waals surface area contributed by atoms with Crippen LogP contribution in [0.1, 0.15) is 11.1 Å². The predicted octanol–water partition coefficient (Wildman–Crippen LogP) is 3.15. The van der Waals surface area contributed by atoms with Gasteiger partial charge < -0.3 is 4.18 Å². The van der Waals surface area contributed by atoms with Crippen LogP contribution in [0.4, 0.5) is 5.69 Å². The third kappa shape index (κ3) is 4.97. The van der Waals surface area contributed by atoms with Crippen molar-refractivity contribution in [2.75, 3.05) is 5.01 Å². The second-order valence-corrected chi connectivity index (χ2v) is 6.43. The number of halogens is 1. The Bertz CT molecular complexity index is 917. The van der Waals surface area contributed by atoms with Gasteiger partial charge in [-0.05, 0) is 57.9 Å². The number of benzene rings is 2. The van der Waals surface area contributed by atoms with Gasteiger partial charge in [-0.25, -0.2) is 4.68 Å². The van der Waals surface area contributed by atoms with Crippen molar-refractivity contribution in [2.24, 2.45) is 5.90 Å². The number of hydrogen-bond acceptors (Lipinski definition) is 9. The van der Waals surface area contributed by atoms with E-state index in [2.05, 4.69) is 41.5 Å². The molecule has 11 heteroatoms. The Hall–Kier alpha value is -2.62. The molecule has 0 saturated heterocycles. The van der Waals surface area contributed by atoms with Crippen molar-refractivity contribution in [2.45, 2.75) is 6.54 Å². The lowest BCUT2D eigenvalue weighted by molar-refractivity contribution is -0.199. The fourth-order valence-electron chi connectivity index (χ4n) is 2.28. The van der Waals surface area contributed by atoms with Gasteiger partial charge in [0.1, 0.15) is 12.7 Å². The van der Waals surface area contributed by atoms with Crippen molar-refractivity contribution >= 4 is 33.9 Å². The molecule has 0 aliphatic heterocycles. The summed E-state index contributed by atoms with van der Waals surface area (Å²) in [6, 6.07) is 15.0. The molecule has 0 saturated carbocycles. The van der Waals surface area contributed by atoms with Crippen molar-refractivity contribution in [1.82, 2.24) is 14.9 Å². The molecule has 2 aromatic carbocycles. The summed E-state index contributed by atoms with van der Waals surface area (Å²) in [7, 11) is 0. The van der Waals surface area contributed by atoms with E-state index in [1.807, 2.05) is 29.3 Å². The second kappa shape index (κ2) is 9.36. The monoisotopic (exact) mass is 448 g/mol. The normalized spacial score (nSPS) is 10.4. The number of anilines is 1. The highest BCUT2D eigenvalue weighted by molar-refractivity contribution is 9.10. The van der Waals surface area contributed by atoms with E-state index in [0.29, 0.717) is 30.2 Å². The lowest BCUT2D eigenvalue weighted by atomic mass is 10.2. The molecule has 2 N–H and O–H groups in total. The highest BCUT2D eigenvalue weighted by Gasteiger charge is 2.12. The van der Waals surface area contributed by atoms with E-state index in [9.17, 15) is 0 Å². The zero-order valence-electron chi connectivity index (χ0n) is 13.7. The molecule has 0 radical (unpaired) electrons. The summed E-state index contributed by atoms with van der Waals surface area (Å²) in [5.74, 6) is 5.31. The lowest BCUT2D eigenvalue weighted by Crippen LogP contribution is -2.27. The van der Waals surface area contributed by atoms with Crippen LogP contribution in [0, 0.1) is 11.3 Å². The summed E-state index contributed by atoms with van der Waals surface area (Å²) in [6.45, 7) is 0.526. The van der Waals surface area contributed by atoms with E-state index >= 15 is 0 Å². The highest BCUT2D eigenvalue weighted by Crippen LogP contribution is 2.30. The molecular formula is C16H13BrN6O3S. The molecule has 0 aliphatic carbocycles. The van der Waals surface area contributed by atoms with Gasteiger partial charge in [-0.15, -0.1) is 19.5 Å². The minimum Gasteiger partial charge on any atom is -0.397 e. The molecule has 0 atom stereocenters. The minimum absolute atomic E-state index is 0.526. The number of nitrogens with zero attached hydrogens (tertiary/aromatic N) is 5. The Kier molecular flexibility index (Phi) is 6.64. The second-order valence-electron chi connectivity index (χ2n) is 5.14. The van der Waals surface area contributed by atoms with Gasteiger partial charge in [0.2, 0.25) is 0 Å². The van der Waals surface area contributed by atoms with Gasteiger partial charge in [0.05, 0.1) is 28.3 Å². The zero-order valence-corrected chi connectivity index (χ0v) is 16.1. The summed E-state index contributed by atoms with van der Waals surface area (Å²) in [6.07, 6.45) is 3.21. The molecular weight excluding hydrogens is 436 g/mol. The Morgan fingerprint density at radius 1 is 1.19 bits per heavy atom. The number of rotatable bonds is 8. The largest absolute Gasteiger partial charge is 0.397 e. The van der Waals surface area contributed by atoms with Crippen LogP contribution in [0.3, 0.4) is 0 Å². The molecule has 0 bridgehead atoms. The van der Waals surface area contributed by atoms with E-state index in [0.717, 1.165) is 15.7 Å². The number of aromatic nitrogens is 3. The maximum Gasteiger partial charge on any atom is 0.260 e. The van der Waals surface area contributed by atoms with Gasteiger partial charge in [-0.3, -0.25) is 5.01 Å². The van der Waals surface area contributed by atoms with Crippen LogP contribution in [0.2, 0.25) is 0 Å². The molecule has 138 valence electrons. The van der Waals surface area contributed by atoms with Gasteiger partial charge in [-0.2, -0.15) is 11.2 Å². The number of nitriles is 1. The van der Waals surface area contributed by atoms with Crippen LogP contribution in [0.25, 0.3) is 0 Å². The summed E-state index contributed by atoms with van der Waals surface area (Å²) >= 11 is 4.07. The van der Waals surface area contributed by atoms with Gasteiger partial charge in [0, 0.05) is 0 Å². The topological polar surface area (TPSA) is 111 Å². The quantitative estimate of drug-likeness (QED) is 0.240. The first-order valence-corrected chi connectivity index (χ1v) is 8.95. The van der Waals surface area contributed by atoms with Crippen molar-refractivity contribution < 1.29 is 13.5 Å². The lowest BCUT2D eigenvalue weighted by Gasteiger charge is -2.25. The van der Waals surface area contributed by atoms with Gasteiger partial charge in [-0.1, -0.05) is 6.07 Å². The first-order valence-electron chi connectivity index (χ1n) is 7.49. The maximum atomic E-state index is 8.99. The number of hydrogen-bond donors (Lipinski definition) is 1. The molecule has 0 aliphatic rings. The summed E-state index contributed by atoms with van der Waals surface area (Å²) in [4.78, 5) is 3.97. The van der Waals surface area contributed by atoms with Gasteiger partial charge >= 0.3 is 0 Å². The summed E-state index contributed by atoms with van der Waals surface area (Å²) in [5.41, 5.74) is 2.47. The van der Waals surface area contributed by atoms with Crippen LogP contribution in [0.5, 0.6) is 5.75 Å². The summed E-state index contributed by atoms with van der Waals surface area (Å²) in [5, 5.41) is 18.7. The Balaban J connectivity index is 1.82. The molecule has 1 aromatic heterocycles. The van der Waals surface area contributed by atoms with Crippen molar-refractivity contribution in [3.05, 3.63) is 70.7 Å². The smallest absolute Gasteiger partial charge is 0.260 e. The van der Waals surface area contributed by atoms with E-state index in [4.69, 9.17) is 15.3 Å². The van der Waals surface area contributed by atoms with Gasteiger partial charge in [0.15, 0.2) is 5.75 Å². The maximum absolute atomic E-state index is 8.99.